The summed E-state index contributed by atoms with van der Waals surface area (Å²) in [6.07, 6.45) is 3.30. The van der Waals surface area contributed by atoms with Gasteiger partial charge in [-0.05, 0) is 36.9 Å². The first-order valence-corrected chi connectivity index (χ1v) is 6.20. The van der Waals surface area contributed by atoms with E-state index in [1.165, 1.54) is 12.8 Å². The van der Waals surface area contributed by atoms with Gasteiger partial charge < -0.3 is 10.5 Å². The lowest BCUT2D eigenvalue weighted by atomic mass is 10.2. The molecule has 3 N–H and O–H groups in total. The van der Waals surface area contributed by atoms with Crippen LogP contribution in [0.5, 0.6) is 0 Å². The number of nitrogens with two attached hydrogens (primary N) is 1. The number of nitrogen functional groups attached to an aromatic ring is 1. The largest absolute Gasteiger partial charge is 0.398 e. The lowest BCUT2D eigenvalue weighted by Crippen LogP contribution is -2.05. The van der Waals surface area contributed by atoms with Crippen molar-refractivity contribution in [2.45, 2.75) is 23.8 Å². The van der Waals surface area contributed by atoms with Gasteiger partial charge in [0.1, 0.15) is 6.29 Å². The normalized spacial score (nSPS) is 13.8. The molecule has 0 heterocycles. The summed E-state index contributed by atoms with van der Waals surface area (Å²) in [5.41, 5.74) is 7.07. The summed E-state index contributed by atoms with van der Waals surface area (Å²) in [6.45, 7) is 0. The number of aldehydes is 1. The molecule has 1 aromatic carbocycles. The Bertz CT molecular complexity index is 368. The molecule has 1 aliphatic rings. The average molecular weight is 254 g/mol. The molecule has 1 fully saturated rings. The van der Waals surface area contributed by atoms with Crippen LogP contribution >= 0.6 is 11.9 Å². The number of hydrogen-bond donors (Lipinski definition) is 2. The molecule has 0 spiro atoms. The lowest BCUT2D eigenvalue weighted by Gasteiger charge is -2.05. The molecule has 0 amide bonds. The van der Waals surface area contributed by atoms with Crippen LogP contribution < -0.4 is 10.5 Å². The first-order valence-electron chi connectivity index (χ1n) is 5.38. The summed E-state index contributed by atoms with van der Waals surface area (Å²) in [4.78, 5) is 11.5. The molecule has 0 atom stereocenters. The van der Waals surface area contributed by atoms with Gasteiger partial charge in [0.05, 0.1) is 0 Å². The van der Waals surface area contributed by atoms with Gasteiger partial charge in [-0.2, -0.15) is 0 Å². The van der Waals surface area contributed by atoms with Crippen LogP contribution in [0, 0.1) is 0 Å². The van der Waals surface area contributed by atoms with Crippen molar-refractivity contribution in [3.8, 4) is 0 Å². The highest BCUT2D eigenvalue weighted by atomic mass is 32.2. The Morgan fingerprint density at radius 1 is 1.47 bits per heavy atom. The Morgan fingerprint density at radius 2 is 2.12 bits per heavy atom. The van der Waals surface area contributed by atoms with Crippen LogP contribution in [0.25, 0.3) is 0 Å². The molecule has 0 unspecified atom stereocenters. The zero-order valence-corrected chi connectivity index (χ0v) is 10.9. The third-order valence-electron chi connectivity index (χ3n) is 2.08. The van der Waals surface area contributed by atoms with Crippen molar-refractivity contribution >= 4 is 23.9 Å². The fraction of sp³-hybridized carbons (Fsp3) is 0.417. The van der Waals surface area contributed by atoms with Crippen LogP contribution in [-0.2, 0) is 4.74 Å². The third-order valence-corrected chi connectivity index (χ3v) is 3.13. The monoisotopic (exact) mass is 254 g/mol. The number of rotatable bonds is 4. The maximum atomic E-state index is 10.5. The molecule has 1 aliphatic carbocycles. The van der Waals surface area contributed by atoms with Crippen molar-refractivity contribution in [1.82, 2.24) is 4.72 Å². The molecule has 4 nitrogen and oxygen atoms in total. The predicted octanol–water partition coefficient (Wildman–Crippen LogP) is 2.10. The highest BCUT2D eigenvalue weighted by Crippen LogP contribution is 2.28. The lowest BCUT2D eigenvalue weighted by molar-refractivity contribution is 0.112. The first kappa shape index (κ1) is 14.0. The topological polar surface area (TPSA) is 64.3 Å². The molecule has 0 aromatic heterocycles. The van der Waals surface area contributed by atoms with Gasteiger partial charge in [0, 0.05) is 36.4 Å². The van der Waals surface area contributed by atoms with Gasteiger partial charge in [0.2, 0.25) is 0 Å². The molecule has 1 saturated carbocycles. The maximum absolute atomic E-state index is 10.5. The van der Waals surface area contributed by atoms with E-state index < -0.39 is 0 Å². The zero-order valence-electron chi connectivity index (χ0n) is 10.1. The summed E-state index contributed by atoms with van der Waals surface area (Å²) in [5.74, 6) is 0. The van der Waals surface area contributed by atoms with E-state index in [9.17, 15) is 4.79 Å². The molecule has 5 heteroatoms. The van der Waals surface area contributed by atoms with Crippen molar-refractivity contribution in [1.29, 1.82) is 0 Å². The van der Waals surface area contributed by atoms with Gasteiger partial charge in [-0.1, -0.05) is 6.07 Å². The van der Waals surface area contributed by atoms with E-state index in [4.69, 9.17) is 5.73 Å². The highest BCUT2D eigenvalue weighted by molar-refractivity contribution is 7.97. The number of benzene rings is 1. The number of carbonyl (C=O) groups excluding carboxylic acids is 1. The van der Waals surface area contributed by atoms with E-state index in [1.807, 2.05) is 6.07 Å². The van der Waals surface area contributed by atoms with E-state index in [0.717, 1.165) is 11.2 Å². The molecular formula is C12H18N2O2S. The fourth-order valence-corrected chi connectivity index (χ4v) is 1.92. The Labute approximate surface area is 106 Å². The van der Waals surface area contributed by atoms with Crippen LogP contribution in [0.4, 0.5) is 5.69 Å². The van der Waals surface area contributed by atoms with Crippen molar-refractivity contribution in [3.63, 3.8) is 0 Å². The van der Waals surface area contributed by atoms with E-state index in [2.05, 4.69) is 9.46 Å². The molecule has 0 aliphatic heterocycles. The van der Waals surface area contributed by atoms with Crippen LogP contribution in [0.2, 0.25) is 0 Å². The second-order valence-electron chi connectivity index (χ2n) is 3.82. The molecule has 0 radical (unpaired) electrons. The summed E-state index contributed by atoms with van der Waals surface area (Å²) in [5, 5.41) is 0. The summed E-state index contributed by atoms with van der Waals surface area (Å²) in [7, 11) is 3.25. The molecular weight excluding hydrogens is 236 g/mol. The average Bonchev–Trinajstić information content (AvgIpc) is 3.12. The van der Waals surface area contributed by atoms with Crippen LogP contribution in [-0.4, -0.2) is 26.5 Å². The third kappa shape index (κ3) is 5.21. The zero-order chi connectivity index (χ0) is 12.7. The summed E-state index contributed by atoms with van der Waals surface area (Å²) < 4.78 is 7.55. The van der Waals surface area contributed by atoms with Gasteiger partial charge >= 0.3 is 0 Å². The molecule has 2 rings (SSSR count). The van der Waals surface area contributed by atoms with Gasteiger partial charge in [0.15, 0.2) is 0 Å². The van der Waals surface area contributed by atoms with E-state index in [1.54, 1.807) is 38.3 Å². The standard InChI is InChI=1S/C10H12N2OS.C2H6O/c11-9-5-7(6-13)1-4-10(9)14-12-8-2-3-8;1-3-2/h1,4-6,8,12H,2-3,11H2;1-2H3. The SMILES string of the molecule is COC.Nc1cc(C=O)ccc1SNC1CC1. The number of anilines is 1. The maximum Gasteiger partial charge on any atom is 0.150 e. The minimum Gasteiger partial charge on any atom is -0.398 e. The Morgan fingerprint density at radius 3 is 2.59 bits per heavy atom. The molecule has 0 saturated heterocycles. The van der Waals surface area contributed by atoms with E-state index >= 15 is 0 Å². The molecule has 1 aromatic rings. The first-order chi connectivity index (χ1) is 8.21. The van der Waals surface area contributed by atoms with Crippen LogP contribution in [0.3, 0.4) is 0 Å². The minimum absolute atomic E-state index is 0.623. The smallest absolute Gasteiger partial charge is 0.150 e. The molecule has 17 heavy (non-hydrogen) atoms. The van der Waals surface area contributed by atoms with Gasteiger partial charge in [-0.3, -0.25) is 9.52 Å². The van der Waals surface area contributed by atoms with Crippen LogP contribution in [0.15, 0.2) is 23.1 Å². The summed E-state index contributed by atoms with van der Waals surface area (Å²) >= 11 is 1.55. The van der Waals surface area contributed by atoms with E-state index in [-0.39, 0.29) is 0 Å². The van der Waals surface area contributed by atoms with E-state index in [0.29, 0.717) is 17.3 Å². The Kier molecular flexibility index (Phi) is 6.04. The number of carbonyl (C=O) groups is 1. The quantitative estimate of drug-likeness (QED) is 0.489. The second kappa shape index (κ2) is 7.32. The molecule has 94 valence electrons. The predicted molar refractivity (Wildman–Crippen MR) is 71.2 cm³/mol. The van der Waals surface area contributed by atoms with Crippen molar-refractivity contribution in [2.24, 2.45) is 0 Å². The van der Waals surface area contributed by atoms with Crippen LogP contribution in [0.1, 0.15) is 23.2 Å². The summed E-state index contributed by atoms with van der Waals surface area (Å²) in [6, 6.07) is 5.99. The van der Waals surface area contributed by atoms with Gasteiger partial charge in [-0.15, -0.1) is 0 Å². The Hall–Kier alpha value is -1.04. The number of ether oxygens (including phenoxy) is 1. The number of nitrogens with one attached hydrogen (secondary N) is 1. The van der Waals surface area contributed by atoms with Crippen molar-refractivity contribution in [3.05, 3.63) is 23.8 Å². The number of hydrogen-bond acceptors (Lipinski definition) is 5. The van der Waals surface area contributed by atoms with Gasteiger partial charge in [0.25, 0.3) is 0 Å². The Balaban J connectivity index is 0.000000437. The second-order valence-corrected chi connectivity index (χ2v) is 4.70. The molecule has 0 bridgehead atoms. The van der Waals surface area contributed by atoms with Gasteiger partial charge in [-0.25, -0.2) is 0 Å². The number of methoxy groups -OCH3 is 1. The minimum atomic E-state index is 0.623. The van der Waals surface area contributed by atoms with Crippen molar-refractivity contribution < 1.29 is 9.53 Å². The highest BCUT2D eigenvalue weighted by Gasteiger charge is 2.20. The fourth-order valence-electron chi connectivity index (χ4n) is 1.08. The van der Waals surface area contributed by atoms with Crippen molar-refractivity contribution in [2.75, 3.05) is 20.0 Å².